The van der Waals surface area contributed by atoms with Crippen molar-refractivity contribution in [2.75, 3.05) is 39.3 Å². The van der Waals surface area contributed by atoms with E-state index in [0.29, 0.717) is 0 Å². The van der Waals surface area contributed by atoms with Crippen molar-refractivity contribution in [3.8, 4) is 0 Å². The van der Waals surface area contributed by atoms with Crippen LogP contribution >= 0.6 is 0 Å². The Kier molecular flexibility index (Phi) is 10.9. The van der Waals surface area contributed by atoms with Crippen LogP contribution in [0.4, 0.5) is 0 Å². The van der Waals surface area contributed by atoms with Gasteiger partial charge in [0.05, 0.1) is 32.5 Å². The van der Waals surface area contributed by atoms with Gasteiger partial charge in [-0.05, 0) is 0 Å². The molecule has 0 bridgehead atoms. The zero-order valence-electron chi connectivity index (χ0n) is 13.2. The number of aromatic nitrogens is 2. The number of carboxylic acids is 4. The van der Waals surface area contributed by atoms with Crippen molar-refractivity contribution in [2.45, 2.75) is 0 Å². The monoisotopic (exact) mass is 360 g/mol. The molecule has 1 aromatic heterocycles. The molecule has 5 N–H and O–H groups in total. The van der Waals surface area contributed by atoms with E-state index in [-0.39, 0.29) is 13.1 Å². The van der Waals surface area contributed by atoms with E-state index in [1.54, 1.807) is 18.7 Å². The van der Waals surface area contributed by atoms with Gasteiger partial charge in [-0.1, -0.05) is 0 Å². The van der Waals surface area contributed by atoms with E-state index in [4.69, 9.17) is 20.4 Å². The summed E-state index contributed by atoms with van der Waals surface area (Å²) in [4.78, 5) is 50.8. The van der Waals surface area contributed by atoms with Gasteiger partial charge in [-0.25, -0.2) is 4.98 Å². The third kappa shape index (κ3) is 14.3. The second-order valence-corrected chi connectivity index (χ2v) is 4.76. The zero-order valence-corrected chi connectivity index (χ0v) is 13.2. The highest BCUT2D eigenvalue weighted by Crippen LogP contribution is 1.94. The zero-order chi connectivity index (χ0) is 19.2. The van der Waals surface area contributed by atoms with Gasteiger partial charge >= 0.3 is 23.9 Å². The summed E-state index contributed by atoms with van der Waals surface area (Å²) in [6, 6.07) is 0. The molecule has 12 heteroatoms. The highest BCUT2D eigenvalue weighted by molar-refractivity contribution is 5.73. The molecule has 0 saturated carbocycles. The first-order valence-corrected chi connectivity index (χ1v) is 6.95. The van der Waals surface area contributed by atoms with E-state index < -0.39 is 50.1 Å². The van der Waals surface area contributed by atoms with E-state index in [1.165, 1.54) is 0 Å². The Bertz CT molecular complexity index is 463. The maximum atomic E-state index is 10.6. The summed E-state index contributed by atoms with van der Waals surface area (Å²) in [6.45, 7) is -2.25. The van der Waals surface area contributed by atoms with Crippen LogP contribution in [0.1, 0.15) is 0 Å². The van der Waals surface area contributed by atoms with E-state index in [0.717, 1.165) is 9.80 Å². The molecule has 25 heavy (non-hydrogen) atoms. The summed E-state index contributed by atoms with van der Waals surface area (Å²) < 4.78 is 0. The maximum absolute atomic E-state index is 10.6. The molecule has 140 valence electrons. The molecule has 0 saturated heterocycles. The van der Waals surface area contributed by atoms with Gasteiger partial charge in [0.15, 0.2) is 0 Å². The average molecular weight is 360 g/mol. The third-order valence-corrected chi connectivity index (χ3v) is 2.57. The van der Waals surface area contributed by atoms with Crippen LogP contribution in [0.3, 0.4) is 0 Å². The van der Waals surface area contributed by atoms with Crippen molar-refractivity contribution < 1.29 is 39.6 Å². The lowest BCUT2D eigenvalue weighted by molar-refractivity contribution is -0.145. The Hall–Kier alpha value is -2.99. The van der Waals surface area contributed by atoms with Crippen LogP contribution in [-0.2, 0) is 19.2 Å². The van der Waals surface area contributed by atoms with Crippen LogP contribution in [0.5, 0.6) is 0 Å². The highest BCUT2D eigenvalue weighted by atomic mass is 16.4. The Morgan fingerprint density at radius 2 is 1.12 bits per heavy atom. The van der Waals surface area contributed by atoms with Gasteiger partial charge in [0, 0.05) is 25.5 Å². The number of aromatic amines is 1. The SMILES string of the molecule is O=C(O)CN(CCN(CC(=O)O)CC(=O)O)CC(=O)O.c1c[nH]cn1. The number of hydrogen-bond donors (Lipinski definition) is 5. The first kappa shape index (κ1) is 22.0. The molecule has 0 atom stereocenters. The molecule has 0 unspecified atom stereocenters. The van der Waals surface area contributed by atoms with E-state index in [1.807, 2.05) is 0 Å². The van der Waals surface area contributed by atoms with Crippen molar-refractivity contribution in [1.29, 1.82) is 0 Å². The number of carboxylic acid groups (broad SMARTS) is 4. The van der Waals surface area contributed by atoms with E-state index >= 15 is 0 Å². The molecule has 1 rings (SSSR count). The molecule has 1 aromatic rings. The van der Waals surface area contributed by atoms with Gasteiger partial charge in [0.25, 0.3) is 0 Å². The fourth-order valence-corrected chi connectivity index (χ4v) is 1.69. The Morgan fingerprint density at radius 3 is 1.28 bits per heavy atom. The van der Waals surface area contributed by atoms with Gasteiger partial charge in [0.1, 0.15) is 0 Å². The van der Waals surface area contributed by atoms with Crippen molar-refractivity contribution in [1.82, 2.24) is 19.8 Å². The second kappa shape index (κ2) is 12.4. The quantitative estimate of drug-likeness (QED) is 0.304. The molecule has 1 heterocycles. The molecular formula is C13H20N4O8. The van der Waals surface area contributed by atoms with Crippen LogP contribution in [0.25, 0.3) is 0 Å². The summed E-state index contributed by atoms with van der Waals surface area (Å²) in [7, 11) is 0. The summed E-state index contributed by atoms with van der Waals surface area (Å²) >= 11 is 0. The second-order valence-electron chi connectivity index (χ2n) is 4.76. The van der Waals surface area contributed by atoms with Gasteiger partial charge in [0.2, 0.25) is 0 Å². The average Bonchev–Trinajstić information content (AvgIpc) is 3.01. The summed E-state index contributed by atoms with van der Waals surface area (Å²) in [6.07, 6.45) is 5.08. The number of carbonyl (C=O) groups is 4. The fraction of sp³-hybridized carbons (Fsp3) is 0.462. The molecule has 0 radical (unpaired) electrons. The van der Waals surface area contributed by atoms with Gasteiger partial charge < -0.3 is 25.4 Å². The lowest BCUT2D eigenvalue weighted by atomic mass is 10.4. The van der Waals surface area contributed by atoms with Crippen LogP contribution in [0.2, 0.25) is 0 Å². The van der Waals surface area contributed by atoms with Crippen molar-refractivity contribution in [3.63, 3.8) is 0 Å². The molecule has 0 aromatic carbocycles. The number of nitrogens with one attached hydrogen (secondary N) is 1. The minimum atomic E-state index is -1.23. The Labute approximate surface area is 142 Å². The number of H-pyrrole nitrogens is 1. The van der Waals surface area contributed by atoms with E-state index in [9.17, 15) is 19.2 Å². The summed E-state index contributed by atoms with van der Waals surface area (Å²) in [5.74, 6) is -4.91. The maximum Gasteiger partial charge on any atom is 0.317 e. The first-order valence-electron chi connectivity index (χ1n) is 6.95. The van der Waals surface area contributed by atoms with Crippen LogP contribution in [0, 0.1) is 0 Å². The topological polar surface area (TPSA) is 184 Å². The minimum absolute atomic E-state index is 0.0703. The highest BCUT2D eigenvalue weighted by Gasteiger charge is 2.17. The first-order chi connectivity index (χ1) is 11.7. The molecule has 0 spiro atoms. The normalized spacial score (nSPS) is 10.2. The minimum Gasteiger partial charge on any atom is -0.480 e. The van der Waals surface area contributed by atoms with Crippen molar-refractivity contribution in [2.24, 2.45) is 0 Å². The largest absolute Gasteiger partial charge is 0.480 e. The predicted octanol–water partition coefficient (Wildman–Crippen LogP) is -1.66. The predicted molar refractivity (Wildman–Crippen MR) is 82.0 cm³/mol. The third-order valence-electron chi connectivity index (χ3n) is 2.57. The number of nitrogens with zero attached hydrogens (tertiary/aromatic N) is 3. The molecule has 0 fully saturated rings. The number of hydrogen-bond acceptors (Lipinski definition) is 7. The molecule has 0 amide bonds. The smallest absolute Gasteiger partial charge is 0.317 e. The molecule has 12 nitrogen and oxygen atoms in total. The summed E-state index contributed by atoms with van der Waals surface area (Å²) in [5, 5.41) is 34.5. The summed E-state index contributed by atoms with van der Waals surface area (Å²) in [5.41, 5.74) is 0. The molecule has 0 aliphatic heterocycles. The standard InChI is InChI=1S/C10H16N2O8.C3H4N2/c13-7(14)3-11(4-8(15)16)1-2-12(5-9(17)18)6-10(19)20;1-2-5-3-4-1/h1-6H2,(H,13,14)(H,15,16)(H,17,18)(H,19,20);1-3H,(H,4,5). The van der Waals surface area contributed by atoms with Crippen molar-refractivity contribution in [3.05, 3.63) is 18.7 Å². The number of rotatable bonds is 11. The van der Waals surface area contributed by atoms with Crippen LogP contribution < -0.4 is 0 Å². The molecule has 0 aliphatic rings. The van der Waals surface area contributed by atoms with Crippen LogP contribution in [-0.4, -0.2) is 103 Å². The lowest BCUT2D eigenvalue weighted by Gasteiger charge is -2.23. The molecular weight excluding hydrogens is 340 g/mol. The van der Waals surface area contributed by atoms with Gasteiger partial charge in [-0.2, -0.15) is 0 Å². The number of imidazole rings is 1. The van der Waals surface area contributed by atoms with Gasteiger partial charge in [-0.15, -0.1) is 0 Å². The van der Waals surface area contributed by atoms with Crippen LogP contribution in [0.15, 0.2) is 18.7 Å². The Morgan fingerprint density at radius 1 is 0.760 bits per heavy atom. The van der Waals surface area contributed by atoms with Crippen molar-refractivity contribution >= 4 is 23.9 Å². The molecule has 0 aliphatic carbocycles. The van der Waals surface area contributed by atoms with Gasteiger partial charge in [-0.3, -0.25) is 29.0 Å². The Balaban J connectivity index is 0.000000972. The number of aliphatic carboxylic acids is 4. The fourth-order valence-electron chi connectivity index (χ4n) is 1.69. The van der Waals surface area contributed by atoms with E-state index in [2.05, 4.69) is 9.97 Å². The lowest BCUT2D eigenvalue weighted by Crippen LogP contribution is -2.43.